The third kappa shape index (κ3) is 4.40. The molecule has 0 heterocycles. The number of rotatable bonds is 7. The predicted molar refractivity (Wildman–Crippen MR) is 57.3 cm³/mol. The van der Waals surface area contributed by atoms with Crippen molar-refractivity contribution in [3.63, 3.8) is 0 Å². The Morgan fingerprint density at radius 3 is 2.71 bits per heavy atom. The number of hydrogen-bond donors (Lipinski definition) is 2. The van der Waals surface area contributed by atoms with E-state index in [1.807, 2.05) is 0 Å². The predicted octanol–water partition coefficient (Wildman–Crippen LogP) is 1.16. The SMILES string of the molecule is C[C@H](NCCOCCO)C1CCCC1. The third-order valence-corrected chi connectivity index (χ3v) is 3.06. The van der Waals surface area contributed by atoms with E-state index in [9.17, 15) is 0 Å². The summed E-state index contributed by atoms with van der Waals surface area (Å²) in [5.41, 5.74) is 0. The molecule has 0 spiro atoms. The first kappa shape index (κ1) is 12.0. The molecule has 1 rings (SSSR count). The highest BCUT2D eigenvalue weighted by Gasteiger charge is 2.20. The molecule has 1 atom stereocenters. The van der Waals surface area contributed by atoms with Gasteiger partial charge in [-0.15, -0.1) is 0 Å². The lowest BCUT2D eigenvalue weighted by Crippen LogP contribution is -2.34. The molecule has 1 aliphatic rings. The van der Waals surface area contributed by atoms with Crippen LogP contribution in [-0.4, -0.2) is 37.5 Å². The van der Waals surface area contributed by atoms with Gasteiger partial charge in [0.15, 0.2) is 0 Å². The highest BCUT2D eigenvalue weighted by molar-refractivity contribution is 4.76. The second-order valence-electron chi connectivity index (χ2n) is 4.12. The van der Waals surface area contributed by atoms with E-state index in [-0.39, 0.29) is 6.61 Å². The monoisotopic (exact) mass is 201 g/mol. The Labute approximate surface area is 86.8 Å². The highest BCUT2D eigenvalue weighted by atomic mass is 16.5. The minimum absolute atomic E-state index is 0.123. The fourth-order valence-corrected chi connectivity index (χ4v) is 2.15. The Bertz CT molecular complexity index is 135. The van der Waals surface area contributed by atoms with E-state index in [2.05, 4.69) is 12.2 Å². The molecule has 0 unspecified atom stereocenters. The molecule has 3 heteroatoms. The second kappa shape index (κ2) is 7.21. The van der Waals surface area contributed by atoms with Crippen LogP contribution in [0.1, 0.15) is 32.6 Å². The van der Waals surface area contributed by atoms with Gasteiger partial charge in [-0.25, -0.2) is 0 Å². The first-order chi connectivity index (χ1) is 6.84. The number of aliphatic hydroxyl groups is 1. The third-order valence-electron chi connectivity index (χ3n) is 3.06. The first-order valence-corrected chi connectivity index (χ1v) is 5.76. The number of ether oxygens (including phenoxy) is 1. The molecule has 0 aliphatic heterocycles. The maximum atomic E-state index is 8.50. The zero-order valence-corrected chi connectivity index (χ0v) is 9.17. The Kier molecular flexibility index (Phi) is 6.15. The standard InChI is InChI=1S/C11H23NO2/c1-10(11-4-2-3-5-11)12-6-8-14-9-7-13/h10-13H,2-9H2,1H3/t10-/m0/s1. The number of aliphatic hydroxyl groups excluding tert-OH is 1. The molecule has 2 N–H and O–H groups in total. The molecule has 0 radical (unpaired) electrons. The van der Waals surface area contributed by atoms with Crippen LogP contribution < -0.4 is 5.32 Å². The molecule has 1 aliphatic carbocycles. The van der Waals surface area contributed by atoms with Crippen LogP contribution in [0.15, 0.2) is 0 Å². The minimum Gasteiger partial charge on any atom is -0.394 e. The van der Waals surface area contributed by atoms with Crippen molar-refractivity contribution in [3.8, 4) is 0 Å². The summed E-state index contributed by atoms with van der Waals surface area (Å²) in [6.07, 6.45) is 5.56. The molecular formula is C11H23NO2. The summed E-state index contributed by atoms with van der Waals surface area (Å²) < 4.78 is 5.18. The Morgan fingerprint density at radius 2 is 2.07 bits per heavy atom. The van der Waals surface area contributed by atoms with Crippen LogP contribution in [-0.2, 0) is 4.74 Å². The molecule has 0 saturated heterocycles. The molecule has 0 aromatic heterocycles. The molecule has 14 heavy (non-hydrogen) atoms. The lowest BCUT2D eigenvalue weighted by Gasteiger charge is -2.20. The van der Waals surface area contributed by atoms with Crippen molar-refractivity contribution in [3.05, 3.63) is 0 Å². The molecule has 1 saturated carbocycles. The summed E-state index contributed by atoms with van der Waals surface area (Å²) in [6, 6.07) is 0.621. The Balaban J connectivity index is 1.94. The van der Waals surface area contributed by atoms with Gasteiger partial charge in [0.25, 0.3) is 0 Å². The summed E-state index contributed by atoms with van der Waals surface area (Å²) >= 11 is 0. The Hall–Kier alpha value is -0.120. The topological polar surface area (TPSA) is 41.5 Å². The number of nitrogens with one attached hydrogen (secondary N) is 1. The van der Waals surface area contributed by atoms with Gasteiger partial charge in [-0.05, 0) is 25.7 Å². The van der Waals surface area contributed by atoms with Crippen LogP contribution in [0, 0.1) is 5.92 Å². The molecule has 0 amide bonds. The van der Waals surface area contributed by atoms with Crippen molar-refractivity contribution < 1.29 is 9.84 Å². The van der Waals surface area contributed by atoms with Crippen LogP contribution in [0.5, 0.6) is 0 Å². The summed E-state index contributed by atoms with van der Waals surface area (Å²) in [5, 5.41) is 12.0. The summed E-state index contributed by atoms with van der Waals surface area (Å²) in [5.74, 6) is 0.868. The van der Waals surface area contributed by atoms with Crippen molar-refractivity contribution in [2.24, 2.45) is 5.92 Å². The zero-order valence-electron chi connectivity index (χ0n) is 9.17. The Morgan fingerprint density at radius 1 is 1.36 bits per heavy atom. The molecule has 0 aromatic carbocycles. The van der Waals surface area contributed by atoms with E-state index in [1.54, 1.807) is 0 Å². The largest absolute Gasteiger partial charge is 0.394 e. The lowest BCUT2D eigenvalue weighted by molar-refractivity contribution is 0.0917. The van der Waals surface area contributed by atoms with E-state index in [0.717, 1.165) is 12.5 Å². The van der Waals surface area contributed by atoms with Gasteiger partial charge >= 0.3 is 0 Å². The van der Waals surface area contributed by atoms with Gasteiger partial charge in [0, 0.05) is 12.6 Å². The van der Waals surface area contributed by atoms with E-state index in [4.69, 9.17) is 9.84 Å². The van der Waals surface area contributed by atoms with Crippen molar-refractivity contribution in [1.82, 2.24) is 5.32 Å². The smallest absolute Gasteiger partial charge is 0.0698 e. The first-order valence-electron chi connectivity index (χ1n) is 5.76. The van der Waals surface area contributed by atoms with Crippen molar-refractivity contribution in [2.75, 3.05) is 26.4 Å². The van der Waals surface area contributed by atoms with Crippen LogP contribution in [0.4, 0.5) is 0 Å². The van der Waals surface area contributed by atoms with Gasteiger partial charge in [-0.2, -0.15) is 0 Å². The van der Waals surface area contributed by atoms with Gasteiger partial charge in [0.05, 0.1) is 19.8 Å². The fourth-order valence-electron chi connectivity index (χ4n) is 2.15. The second-order valence-corrected chi connectivity index (χ2v) is 4.12. The van der Waals surface area contributed by atoms with Crippen LogP contribution in [0.2, 0.25) is 0 Å². The zero-order chi connectivity index (χ0) is 10.2. The summed E-state index contributed by atoms with van der Waals surface area (Å²) in [4.78, 5) is 0. The lowest BCUT2D eigenvalue weighted by atomic mass is 10.00. The minimum atomic E-state index is 0.123. The molecule has 1 fully saturated rings. The van der Waals surface area contributed by atoms with E-state index < -0.39 is 0 Å². The fraction of sp³-hybridized carbons (Fsp3) is 1.00. The van der Waals surface area contributed by atoms with Crippen molar-refractivity contribution in [2.45, 2.75) is 38.6 Å². The number of hydrogen-bond acceptors (Lipinski definition) is 3. The van der Waals surface area contributed by atoms with E-state index in [1.165, 1.54) is 25.7 Å². The van der Waals surface area contributed by atoms with Crippen LogP contribution in [0.25, 0.3) is 0 Å². The molecule has 3 nitrogen and oxygen atoms in total. The molecular weight excluding hydrogens is 178 g/mol. The summed E-state index contributed by atoms with van der Waals surface area (Å²) in [7, 11) is 0. The van der Waals surface area contributed by atoms with Crippen molar-refractivity contribution >= 4 is 0 Å². The quantitative estimate of drug-likeness (QED) is 0.607. The van der Waals surface area contributed by atoms with Gasteiger partial charge in [0.1, 0.15) is 0 Å². The van der Waals surface area contributed by atoms with E-state index >= 15 is 0 Å². The maximum absolute atomic E-state index is 8.50. The molecule has 84 valence electrons. The molecule has 0 bridgehead atoms. The van der Waals surface area contributed by atoms with Gasteiger partial charge < -0.3 is 15.2 Å². The summed E-state index contributed by atoms with van der Waals surface area (Å²) in [6.45, 7) is 4.45. The van der Waals surface area contributed by atoms with Crippen LogP contribution >= 0.6 is 0 Å². The van der Waals surface area contributed by atoms with Gasteiger partial charge in [0.2, 0.25) is 0 Å². The normalized spacial score (nSPS) is 20.1. The van der Waals surface area contributed by atoms with Crippen LogP contribution in [0.3, 0.4) is 0 Å². The maximum Gasteiger partial charge on any atom is 0.0698 e. The average molecular weight is 201 g/mol. The average Bonchev–Trinajstić information content (AvgIpc) is 2.70. The van der Waals surface area contributed by atoms with Gasteiger partial charge in [-0.3, -0.25) is 0 Å². The molecule has 0 aromatic rings. The van der Waals surface area contributed by atoms with Crippen molar-refractivity contribution in [1.29, 1.82) is 0 Å². The highest BCUT2D eigenvalue weighted by Crippen LogP contribution is 2.27. The van der Waals surface area contributed by atoms with E-state index in [0.29, 0.717) is 19.3 Å². The van der Waals surface area contributed by atoms with Gasteiger partial charge in [-0.1, -0.05) is 12.8 Å².